The predicted molar refractivity (Wildman–Crippen MR) is 170 cm³/mol. The Balaban J connectivity index is 1.67. The number of ether oxygens (including phenoxy) is 2. The number of hydrogen-bond donors (Lipinski definition) is 3. The molecule has 0 bridgehead atoms. The lowest BCUT2D eigenvalue weighted by Crippen LogP contribution is -2.48. The van der Waals surface area contributed by atoms with Crippen molar-refractivity contribution in [2.45, 2.75) is 64.6 Å². The molecule has 9 nitrogen and oxygen atoms in total. The minimum absolute atomic E-state index is 0.176. The van der Waals surface area contributed by atoms with Gasteiger partial charge in [0.1, 0.15) is 29.8 Å². The number of carbonyl (C=O) groups excluding carboxylic acids is 2. The number of amides is 2. The molecule has 0 aliphatic carbocycles. The fourth-order valence-electron chi connectivity index (χ4n) is 5.54. The summed E-state index contributed by atoms with van der Waals surface area (Å²) in [6, 6.07) is 21.1. The molecule has 1 aromatic heterocycles. The van der Waals surface area contributed by atoms with Gasteiger partial charge in [-0.3, -0.25) is 14.4 Å². The van der Waals surface area contributed by atoms with Crippen molar-refractivity contribution in [2.75, 3.05) is 14.2 Å². The van der Waals surface area contributed by atoms with E-state index in [4.69, 9.17) is 9.47 Å². The van der Waals surface area contributed by atoms with Gasteiger partial charge in [0.25, 0.3) is 5.91 Å². The smallest absolute Gasteiger partial charge is 0.323 e. The Kier molecular flexibility index (Phi) is 11.0. The zero-order valence-electron chi connectivity index (χ0n) is 25.8. The number of unbranched alkanes of at least 4 members (excludes halogenated alkanes) is 1. The third-order valence-corrected chi connectivity index (χ3v) is 7.72. The maximum absolute atomic E-state index is 14.1. The Bertz CT molecular complexity index is 1570. The first kappa shape index (κ1) is 32.1. The zero-order valence-corrected chi connectivity index (χ0v) is 25.8. The van der Waals surface area contributed by atoms with Crippen LogP contribution in [0.15, 0.2) is 72.8 Å². The molecule has 9 heteroatoms. The van der Waals surface area contributed by atoms with E-state index in [1.807, 2.05) is 61.5 Å². The van der Waals surface area contributed by atoms with Gasteiger partial charge in [-0.1, -0.05) is 68.3 Å². The van der Waals surface area contributed by atoms with E-state index in [1.54, 1.807) is 32.4 Å². The van der Waals surface area contributed by atoms with Gasteiger partial charge in [-0.2, -0.15) is 0 Å². The molecule has 0 saturated heterocycles. The van der Waals surface area contributed by atoms with E-state index in [9.17, 15) is 19.5 Å². The van der Waals surface area contributed by atoms with E-state index in [0.29, 0.717) is 36.3 Å². The molecule has 0 fully saturated rings. The fraction of sp³-hybridized carbons (Fsp3) is 0.343. The van der Waals surface area contributed by atoms with Crippen LogP contribution in [0.5, 0.6) is 11.5 Å². The highest BCUT2D eigenvalue weighted by atomic mass is 16.5. The highest BCUT2D eigenvalue weighted by molar-refractivity contribution is 6.01. The first-order valence-electron chi connectivity index (χ1n) is 14.9. The third kappa shape index (κ3) is 7.78. The second-order valence-electron chi connectivity index (χ2n) is 10.9. The summed E-state index contributed by atoms with van der Waals surface area (Å²) in [5, 5.41) is 16.4. The molecular formula is C35H41N3O6. The molecule has 2 atom stereocenters. The van der Waals surface area contributed by atoms with Crippen LogP contribution in [0.2, 0.25) is 0 Å². The van der Waals surface area contributed by atoms with Gasteiger partial charge in [-0.05, 0) is 61.6 Å². The van der Waals surface area contributed by atoms with Gasteiger partial charge < -0.3 is 29.8 Å². The summed E-state index contributed by atoms with van der Waals surface area (Å²) in [6.45, 7) is 3.65. The first-order valence-corrected chi connectivity index (χ1v) is 14.9. The molecule has 1 heterocycles. The number of carbonyl (C=O) groups is 3. The van der Waals surface area contributed by atoms with Crippen LogP contribution < -0.4 is 20.1 Å². The lowest BCUT2D eigenvalue weighted by molar-refractivity contribution is -0.137. The lowest BCUT2D eigenvalue weighted by Gasteiger charge is -2.27. The molecular weight excluding hydrogens is 558 g/mol. The molecule has 44 heavy (non-hydrogen) atoms. The summed E-state index contributed by atoms with van der Waals surface area (Å²) >= 11 is 0. The summed E-state index contributed by atoms with van der Waals surface area (Å²) in [6.07, 6.45) is 3.30. The zero-order chi connectivity index (χ0) is 31.6. The molecule has 3 N–H and O–H groups in total. The van der Waals surface area contributed by atoms with Crippen molar-refractivity contribution in [1.82, 2.24) is 15.2 Å². The number of para-hydroxylation sites is 1. The highest BCUT2D eigenvalue weighted by Crippen LogP contribution is 2.38. The standard InChI is InChI=1S/C35H41N3O6/c1-5-6-15-26(33-30(43-3)19-23(2)20-31(33)44-4)36-34(41)27(18-17-24-12-8-7-9-13-24)37-35(42)29-21-25-14-10-11-16-28(25)38(29)22-32(39)40/h7-14,16,19-21,26-27H,5-6,15,17-18,22H2,1-4H3,(H,36,41)(H,37,42)(H,39,40)/t26?,27-/m1/s1. The van der Waals surface area contributed by atoms with Crippen LogP contribution in [0.3, 0.4) is 0 Å². The van der Waals surface area contributed by atoms with Gasteiger partial charge in [-0.25, -0.2) is 0 Å². The third-order valence-electron chi connectivity index (χ3n) is 7.72. The van der Waals surface area contributed by atoms with Crippen molar-refractivity contribution in [1.29, 1.82) is 0 Å². The van der Waals surface area contributed by atoms with E-state index in [-0.39, 0.29) is 18.1 Å². The molecule has 0 aliphatic heterocycles. The highest BCUT2D eigenvalue weighted by Gasteiger charge is 2.29. The Morgan fingerprint density at radius 2 is 1.55 bits per heavy atom. The fourth-order valence-corrected chi connectivity index (χ4v) is 5.54. The van der Waals surface area contributed by atoms with Crippen molar-refractivity contribution >= 4 is 28.7 Å². The topological polar surface area (TPSA) is 119 Å². The quantitative estimate of drug-likeness (QED) is 0.158. The SMILES string of the molecule is CCCCC(NC(=O)[C@@H](CCc1ccccc1)NC(=O)c1cc2ccccc2n1CC(=O)O)c1c(OC)cc(C)cc1OC. The van der Waals surface area contributed by atoms with Gasteiger partial charge in [0, 0.05) is 10.9 Å². The number of nitrogens with one attached hydrogen (secondary N) is 2. The van der Waals surface area contributed by atoms with Crippen LogP contribution in [-0.4, -0.2) is 47.7 Å². The number of carboxylic acids is 1. The van der Waals surface area contributed by atoms with Gasteiger partial charge in [0.15, 0.2) is 0 Å². The molecule has 4 aromatic rings. The molecule has 1 unspecified atom stereocenters. The summed E-state index contributed by atoms with van der Waals surface area (Å²) in [4.78, 5) is 39.5. The number of benzene rings is 3. The number of nitrogens with zero attached hydrogens (tertiary/aromatic N) is 1. The maximum atomic E-state index is 14.1. The Morgan fingerprint density at radius 1 is 0.886 bits per heavy atom. The van der Waals surface area contributed by atoms with Crippen LogP contribution in [0.1, 0.15) is 65.8 Å². The van der Waals surface area contributed by atoms with Gasteiger partial charge >= 0.3 is 5.97 Å². The molecule has 3 aromatic carbocycles. The van der Waals surface area contributed by atoms with Crippen molar-refractivity contribution in [3.8, 4) is 11.5 Å². The summed E-state index contributed by atoms with van der Waals surface area (Å²) in [5.41, 5.74) is 3.55. The molecule has 2 amide bonds. The van der Waals surface area contributed by atoms with Crippen molar-refractivity contribution in [2.24, 2.45) is 0 Å². The molecule has 0 spiro atoms. The number of fused-ring (bicyclic) bond motifs is 1. The molecule has 0 saturated carbocycles. The van der Waals surface area contributed by atoms with Crippen LogP contribution in [0.25, 0.3) is 10.9 Å². The number of hydrogen-bond acceptors (Lipinski definition) is 5. The van der Waals surface area contributed by atoms with E-state index < -0.39 is 24.0 Å². The van der Waals surface area contributed by atoms with Gasteiger partial charge in [0.2, 0.25) is 5.91 Å². The van der Waals surface area contributed by atoms with Crippen LogP contribution in [-0.2, 0) is 22.6 Å². The van der Waals surface area contributed by atoms with Gasteiger partial charge in [0.05, 0.1) is 25.8 Å². The second-order valence-corrected chi connectivity index (χ2v) is 10.9. The molecule has 0 radical (unpaired) electrons. The molecule has 4 rings (SSSR count). The van der Waals surface area contributed by atoms with E-state index in [1.165, 1.54) is 4.57 Å². The Hall–Kier alpha value is -4.79. The number of carboxylic acid groups (broad SMARTS) is 1. The van der Waals surface area contributed by atoms with Crippen LogP contribution in [0, 0.1) is 6.92 Å². The molecule has 232 valence electrons. The van der Waals surface area contributed by atoms with E-state index >= 15 is 0 Å². The number of methoxy groups -OCH3 is 2. The summed E-state index contributed by atoms with van der Waals surface area (Å²) in [5.74, 6) is -0.705. The summed E-state index contributed by atoms with van der Waals surface area (Å²) in [7, 11) is 3.19. The number of aromatic nitrogens is 1. The van der Waals surface area contributed by atoms with Crippen LogP contribution in [0.4, 0.5) is 0 Å². The van der Waals surface area contributed by atoms with Gasteiger partial charge in [-0.15, -0.1) is 0 Å². The minimum Gasteiger partial charge on any atom is -0.496 e. The molecule has 0 aliphatic rings. The lowest BCUT2D eigenvalue weighted by atomic mass is 9.96. The van der Waals surface area contributed by atoms with Crippen LogP contribution >= 0.6 is 0 Å². The van der Waals surface area contributed by atoms with E-state index in [0.717, 1.165) is 34.9 Å². The van der Waals surface area contributed by atoms with Crippen molar-refractivity contribution in [3.05, 3.63) is 95.2 Å². The average Bonchev–Trinajstić information content (AvgIpc) is 3.38. The van der Waals surface area contributed by atoms with E-state index in [2.05, 4.69) is 17.6 Å². The first-order chi connectivity index (χ1) is 21.2. The maximum Gasteiger partial charge on any atom is 0.323 e. The number of rotatable bonds is 15. The Morgan fingerprint density at radius 3 is 2.18 bits per heavy atom. The predicted octanol–water partition coefficient (Wildman–Crippen LogP) is 5.83. The normalized spacial score (nSPS) is 12.4. The van der Waals surface area contributed by atoms with Crippen molar-refractivity contribution < 1.29 is 29.0 Å². The average molecular weight is 600 g/mol. The van der Waals surface area contributed by atoms with Crippen molar-refractivity contribution in [3.63, 3.8) is 0 Å². The Labute approximate surface area is 258 Å². The monoisotopic (exact) mass is 599 g/mol. The minimum atomic E-state index is -1.07. The number of aliphatic carboxylic acids is 1. The second kappa shape index (κ2) is 15.1. The number of aryl methyl sites for hydroxylation is 2. The largest absolute Gasteiger partial charge is 0.496 e. The summed E-state index contributed by atoms with van der Waals surface area (Å²) < 4.78 is 12.9.